The van der Waals surface area contributed by atoms with Crippen molar-refractivity contribution < 1.29 is 0 Å². The number of fused-ring (bicyclic) bond motifs is 26. The molecule has 4 heteroatoms. The Morgan fingerprint density at radius 3 is 0.910 bits per heavy atom. The summed E-state index contributed by atoms with van der Waals surface area (Å²) in [6.07, 6.45) is 0. The first kappa shape index (κ1) is 55.1. The number of para-hydroxylation sites is 2. The van der Waals surface area contributed by atoms with E-state index in [1.54, 1.807) is 0 Å². The molecule has 462 valence electrons. The predicted octanol–water partition coefficient (Wildman–Crippen LogP) is 23.7. The first-order valence-corrected chi connectivity index (χ1v) is 34.7. The minimum Gasteiger partial charge on any atom is -0.309 e. The van der Waals surface area contributed by atoms with E-state index < -0.39 is 10.8 Å². The van der Waals surface area contributed by atoms with Gasteiger partial charge in [0.2, 0.25) is 0 Å². The largest absolute Gasteiger partial charge is 0.309 e. The van der Waals surface area contributed by atoms with Crippen LogP contribution in [0.4, 0.5) is 0 Å². The van der Waals surface area contributed by atoms with Crippen molar-refractivity contribution in [1.82, 2.24) is 19.1 Å². The molecule has 2 spiro atoms. The maximum Gasteiger partial charge on any atom is 0.160 e. The summed E-state index contributed by atoms with van der Waals surface area (Å²) in [5, 5.41) is 4.73. The lowest BCUT2D eigenvalue weighted by Gasteiger charge is -2.30. The third kappa shape index (κ3) is 7.48. The van der Waals surface area contributed by atoms with Crippen molar-refractivity contribution in [3.05, 3.63) is 396 Å². The molecule has 0 saturated heterocycles. The van der Waals surface area contributed by atoms with Crippen molar-refractivity contribution in [2.24, 2.45) is 0 Å². The Labute approximate surface area is 578 Å². The van der Waals surface area contributed by atoms with Gasteiger partial charge in [-0.2, -0.15) is 0 Å². The monoisotopic (exact) mass is 1270 g/mol. The fraction of sp³-hybridized carbons (Fsp3) is 0.0208. The van der Waals surface area contributed by atoms with Gasteiger partial charge in [0, 0.05) is 49.6 Å². The molecule has 4 aliphatic rings. The first-order chi connectivity index (χ1) is 49.6. The molecule has 18 aromatic rings. The summed E-state index contributed by atoms with van der Waals surface area (Å²) in [7, 11) is 0. The molecule has 0 fully saturated rings. The second kappa shape index (κ2) is 20.8. The van der Waals surface area contributed by atoms with Crippen molar-refractivity contribution in [1.29, 1.82) is 0 Å². The molecule has 0 bridgehead atoms. The lowest BCUT2D eigenvalue weighted by Crippen LogP contribution is -2.25. The van der Waals surface area contributed by atoms with Gasteiger partial charge in [0.25, 0.3) is 0 Å². The van der Waals surface area contributed by atoms with Crippen LogP contribution < -0.4 is 0 Å². The number of hydrogen-bond acceptors (Lipinski definition) is 2. The Morgan fingerprint density at radius 2 is 0.500 bits per heavy atom. The van der Waals surface area contributed by atoms with Gasteiger partial charge >= 0.3 is 0 Å². The average Bonchev–Trinajstić information content (AvgIpc) is 1.52. The average molecular weight is 1270 g/mol. The van der Waals surface area contributed by atoms with Gasteiger partial charge in [-0.15, -0.1) is 0 Å². The molecular formula is C96H58N4. The van der Waals surface area contributed by atoms with Crippen LogP contribution in [0, 0.1) is 0 Å². The van der Waals surface area contributed by atoms with Crippen LogP contribution >= 0.6 is 0 Å². The van der Waals surface area contributed by atoms with E-state index in [0.29, 0.717) is 5.82 Å². The fourth-order valence-corrected chi connectivity index (χ4v) is 18.5. The lowest BCUT2D eigenvalue weighted by molar-refractivity contribution is 0.794. The molecule has 0 radical (unpaired) electrons. The van der Waals surface area contributed by atoms with Crippen molar-refractivity contribution in [3.8, 4) is 112 Å². The van der Waals surface area contributed by atoms with Gasteiger partial charge in [0.1, 0.15) is 0 Å². The minimum absolute atomic E-state index is 0.444. The third-order valence-corrected chi connectivity index (χ3v) is 22.5. The van der Waals surface area contributed by atoms with Crippen molar-refractivity contribution in [2.75, 3.05) is 0 Å². The van der Waals surface area contributed by atoms with Gasteiger partial charge in [-0.25, -0.2) is 9.97 Å². The van der Waals surface area contributed by atoms with Gasteiger partial charge in [-0.3, -0.25) is 0 Å². The summed E-state index contributed by atoms with van der Waals surface area (Å²) in [5.74, 6) is 0.670. The smallest absolute Gasteiger partial charge is 0.160 e. The van der Waals surface area contributed by atoms with E-state index in [0.717, 1.165) is 61.5 Å². The maximum absolute atomic E-state index is 5.53. The zero-order chi connectivity index (χ0) is 65.4. The standard InChI is InChI=1S/C96H58N4/c1-3-23-59(24-4-1)88-58-89(98-94(97-88)60-25-5-2-6-26-60)65-51-66(99-90-41-21-13-33-76(90)78-53-61(45-49-92(78)99)63-43-47-74-72-31-11-19-39-84(72)95(86(74)55-63)80-35-15-7-27-68(80)69-28-8-16-36-81(69)95)57-67(52-65)100-91-42-22-14-34-77(91)79-54-62(46-50-93(79)100)64-44-48-75-73-32-12-20-40-85(73)96(87(75)56-64)82-37-17-9-29-70(82)71-30-10-18-38-83(71)96/h1-58H. The molecule has 4 aliphatic carbocycles. The highest BCUT2D eigenvalue weighted by Gasteiger charge is 2.53. The number of hydrogen-bond donors (Lipinski definition) is 0. The van der Waals surface area contributed by atoms with E-state index in [-0.39, 0.29) is 0 Å². The Bertz CT molecular complexity index is 6030. The molecule has 4 nitrogen and oxygen atoms in total. The highest BCUT2D eigenvalue weighted by Crippen LogP contribution is 2.65. The van der Waals surface area contributed by atoms with Crippen LogP contribution in [-0.4, -0.2) is 19.1 Å². The SMILES string of the molecule is c1ccc(-c2cc(-c3cc(-n4c5ccccc5c5cc(-c6ccc7c(c6)C6(c8ccccc8-c8ccccc86)c6ccccc6-7)ccc54)cc(-n4c5ccccc5c5cc(-c6ccc7c(c6)C6(c8ccccc8-c8ccccc86)c6ccccc6-7)ccc54)c3)nc(-c3ccccc3)n2)cc1. The van der Waals surface area contributed by atoms with Crippen LogP contribution in [0.1, 0.15) is 44.5 Å². The highest BCUT2D eigenvalue weighted by atomic mass is 15.0. The molecule has 0 unspecified atom stereocenters. The second-order valence-electron chi connectivity index (χ2n) is 27.4. The van der Waals surface area contributed by atoms with Crippen LogP contribution in [-0.2, 0) is 10.8 Å². The number of aromatic nitrogens is 4. The van der Waals surface area contributed by atoms with Crippen LogP contribution in [0.5, 0.6) is 0 Å². The molecule has 3 heterocycles. The Morgan fingerprint density at radius 1 is 0.190 bits per heavy atom. The van der Waals surface area contributed by atoms with E-state index in [1.807, 2.05) is 6.07 Å². The predicted molar refractivity (Wildman–Crippen MR) is 410 cm³/mol. The van der Waals surface area contributed by atoms with Crippen LogP contribution in [0.15, 0.2) is 352 Å². The van der Waals surface area contributed by atoms with Crippen LogP contribution in [0.2, 0.25) is 0 Å². The highest BCUT2D eigenvalue weighted by molar-refractivity contribution is 6.13. The molecule has 22 rings (SSSR count). The normalized spacial score (nSPS) is 13.6. The van der Waals surface area contributed by atoms with Crippen LogP contribution in [0.3, 0.4) is 0 Å². The molecule has 0 amide bonds. The first-order valence-electron chi connectivity index (χ1n) is 34.7. The topological polar surface area (TPSA) is 35.6 Å². The number of benzene rings is 15. The molecule has 0 N–H and O–H groups in total. The number of rotatable bonds is 7. The van der Waals surface area contributed by atoms with Gasteiger partial charge in [0.05, 0.1) is 44.3 Å². The van der Waals surface area contributed by atoms with E-state index in [9.17, 15) is 0 Å². The molecular weight excluding hydrogens is 1210 g/mol. The summed E-state index contributed by atoms with van der Waals surface area (Å²) < 4.78 is 4.96. The molecule has 0 atom stereocenters. The summed E-state index contributed by atoms with van der Waals surface area (Å²) in [6, 6.07) is 131. The molecule has 15 aromatic carbocycles. The van der Waals surface area contributed by atoms with Crippen molar-refractivity contribution in [3.63, 3.8) is 0 Å². The van der Waals surface area contributed by atoms with Gasteiger partial charge in [-0.05, 0) is 184 Å². The lowest BCUT2D eigenvalue weighted by atomic mass is 9.70. The maximum atomic E-state index is 5.53. The van der Waals surface area contributed by atoms with E-state index in [4.69, 9.17) is 9.97 Å². The van der Waals surface area contributed by atoms with E-state index in [2.05, 4.69) is 355 Å². The molecule has 3 aromatic heterocycles. The third-order valence-electron chi connectivity index (χ3n) is 22.5. The van der Waals surface area contributed by atoms with Gasteiger partial charge < -0.3 is 9.13 Å². The Balaban J connectivity index is 0.742. The Hall–Kier alpha value is -13.0. The van der Waals surface area contributed by atoms with E-state index >= 15 is 0 Å². The second-order valence-corrected chi connectivity index (χ2v) is 27.4. The zero-order valence-electron chi connectivity index (χ0n) is 54.3. The molecule has 0 aliphatic heterocycles. The fourth-order valence-electron chi connectivity index (χ4n) is 18.5. The van der Waals surface area contributed by atoms with Gasteiger partial charge in [0.15, 0.2) is 5.82 Å². The Kier molecular flexibility index (Phi) is 11.4. The quantitative estimate of drug-likeness (QED) is 0.159. The summed E-state index contributed by atoms with van der Waals surface area (Å²) in [4.78, 5) is 10.8. The van der Waals surface area contributed by atoms with E-state index in [1.165, 1.54) is 133 Å². The van der Waals surface area contributed by atoms with Gasteiger partial charge in [-0.1, -0.05) is 279 Å². The minimum atomic E-state index is -0.444. The number of nitrogens with zero attached hydrogens (tertiary/aromatic N) is 4. The zero-order valence-corrected chi connectivity index (χ0v) is 54.3. The van der Waals surface area contributed by atoms with Crippen molar-refractivity contribution in [2.45, 2.75) is 10.8 Å². The van der Waals surface area contributed by atoms with Crippen LogP contribution in [0.25, 0.3) is 156 Å². The molecule has 100 heavy (non-hydrogen) atoms. The van der Waals surface area contributed by atoms with Crippen molar-refractivity contribution >= 4 is 43.6 Å². The summed E-state index contributed by atoms with van der Waals surface area (Å²) in [5.41, 5.74) is 36.1. The summed E-state index contributed by atoms with van der Waals surface area (Å²) in [6.45, 7) is 0. The summed E-state index contributed by atoms with van der Waals surface area (Å²) >= 11 is 0. The molecule has 0 saturated carbocycles.